The van der Waals surface area contributed by atoms with Gasteiger partial charge in [0.2, 0.25) is 0 Å². The predicted molar refractivity (Wildman–Crippen MR) is 32.7 cm³/mol. The number of nitrogens with zero attached hydrogens (tertiary/aromatic N) is 3. The highest BCUT2D eigenvalue weighted by atomic mass is 16.2. The van der Waals surface area contributed by atoms with E-state index in [1.165, 1.54) is 0 Å². The molecule has 0 aliphatic rings. The van der Waals surface area contributed by atoms with Crippen molar-refractivity contribution in [3.63, 3.8) is 0 Å². The van der Waals surface area contributed by atoms with E-state index in [4.69, 9.17) is 0 Å². The number of aromatic nitrogens is 4. The van der Waals surface area contributed by atoms with Crippen LogP contribution >= 0.6 is 0 Å². The zero-order valence-electron chi connectivity index (χ0n) is 5.58. The Bertz CT molecular complexity index is 162. The lowest BCUT2D eigenvalue weighted by atomic mass is 10.2. The highest BCUT2D eigenvalue weighted by Gasteiger charge is 1.94. The molecule has 1 aromatic rings. The van der Waals surface area contributed by atoms with E-state index in [0.717, 1.165) is 18.7 Å². The average molecular weight is 141 g/mol. The van der Waals surface area contributed by atoms with Crippen LogP contribution in [0.2, 0.25) is 0 Å². The Labute approximate surface area is 58.5 Å². The van der Waals surface area contributed by atoms with Crippen molar-refractivity contribution in [2.45, 2.75) is 19.3 Å². The van der Waals surface area contributed by atoms with Crippen molar-refractivity contribution in [2.24, 2.45) is 0 Å². The Morgan fingerprint density at radius 3 is 2.90 bits per heavy atom. The molecular formula is C5H9N4O. The van der Waals surface area contributed by atoms with Gasteiger partial charge in [0.1, 0.15) is 5.82 Å². The van der Waals surface area contributed by atoms with E-state index in [0.29, 0.717) is 6.42 Å². The van der Waals surface area contributed by atoms with Crippen LogP contribution in [0.1, 0.15) is 18.7 Å². The van der Waals surface area contributed by atoms with Gasteiger partial charge in [-0.2, -0.15) is 0 Å². The molecule has 1 aromatic heterocycles. The van der Waals surface area contributed by atoms with E-state index in [-0.39, 0.29) is 6.61 Å². The number of rotatable bonds is 4. The molecule has 0 spiro atoms. The fourth-order valence-corrected chi connectivity index (χ4v) is 0.679. The second kappa shape index (κ2) is 3.94. The largest absolute Gasteiger partial charge is 0.243 e. The van der Waals surface area contributed by atoms with E-state index >= 15 is 0 Å². The predicted octanol–water partition coefficient (Wildman–Crippen LogP) is -0.0471. The molecule has 0 fully saturated rings. The Kier molecular flexibility index (Phi) is 2.82. The summed E-state index contributed by atoms with van der Waals surface area (Å²) in [5.41, 5.74) is 0. The van der Waals surface area contributed by atoms with E-state index in [1.54, 1.807) is 0 Å². The molecule has 0 aromatic carbocycles. The SMILES string of the molecule is [O]CCCCc1nnn[nH]1. The molecule has 55 valence electrons. The van der Waals surface area contributed by atoms with Crippen LogP contribution in [0.5, 0.6) is 0 Å². The summed E-state index contributed by atoms with van der Waals surface area (Å²) in [4.78, 5) is 0. The van der Waals surface area contributed by atoms with Gasteiger partial charge in [0.05, 0.1) is 6.61 Å². The van der Waals surface area contributed by atoms with Gasteiger partial charge >= 0.3 is 0 Å². The maximum Gasteiger partial charge on any atom is 0.148 e. The summed E-state index contributed by atoms with van der Waals surface area (Å²) in [6.45, 7) is -0.0123. The van der Waals surface area contributed by atoms with Crippen LogP contribution in [0.3, 0.4) is 0 Å². The molecule has 0 aliphatic carbocycles. The van der Waals surface area contributed by atoms with Gasteiger partial charge in [0.25, 0.3) is 0 Å². The minimum atomic E-state index is -0.0123. The zero-order valence-corrected chi connectivity index (χ0v) is 5.58. The van der Waals surface area contributed by atoms with Crippen LogP contribution in [0.15, 0.2) is 0 Å². The first-order valence-corrected chi connectivity index (χ1v) is 3.24. The first-order chi connectivity index (χ1) is 4.93. The maximum atomic E-state index is 10.00. The molecular weight excluding hydrogens is 132 g/mol. The lowest BCUT2D eigenvalue weighted by molar-refractivity contribution is 0.187. The topological polar surface area (TPSA) is 74.4 Å². The van der Waals surface area contributed by atoms with E-state index in [9.17, 15) is 5.11 Å². The third kappa shape index (κ3) is 2.10. The van der Waals surface area contributed by atoms with Gasteiger partial charge < -0.3 is 0 Å². The third-order valence-electron chi connectivity index (χ3n) is 1.20. The number of nitrogens with one attached hydrogen (secondary N) is 1. The lowest BCUT2D eigenvalue weighted by Gasteiger charge is -1.90. The standard InChI is InChI=1S/C5H9N4O/c10-4-2-1-3-5-6-8-9-7-5/h1-4H2,(H,6,7,8,9). The monoisotopic (exact) mass is 141 g/mol. The normalized spacial score (nSPS) is 10.1. The van der Waals surface area contributed by atoms with Crippen molar-refractivity contribution >= 4 is 0 Å². The zero-order chi connectivity index (χ0) is 7.23. The molecule has 0 bridgehead atoms. The van der Waals surface area contributed by atoms with Crippen LogP contribution < -0.4 is 0 Å². The van der Waals surface area contributed by atoms with Crippen molar-refractivity contribution in [1.82, 2.24) is 20.6 Å². The van der Waals surface area contributed by atoms with E-state index in [1.807, 2.05) is 0 Å². The summed E-state index contributed by atoms with van der Waals surface area (Å²) in [7, 11) is 0. The summed E-state index contributed by atoms with van der Waals surface area (Å²) >= 11 is 0. The lowest BCUT2D eigenvalue weighted by Crippen LogP contribution is -1.90. The number of hydrogen-bond acceptors (Lipinski definition) is 3. The summed E-state index contributed by atoms with van der Waals surface area (Å²) < 4.78 is 0. The fourth-order valence-electron chi connectivity index (χ4n) is 0.679. The van der Waals surface area contributed by atoms with E-state index in [2.05, 4.69) is 20.6 Å². The molecule has 0 amide bonds. The first kappa shape index (κ1) is 7.14. The second-order valence-corrected chi connectivity index (χ2v) is 2.01. The van der Waals surface area contributed by atoms with Gasteiger partial charge in [0.15, 0.2) is 0 Å². The van der Waals surface area contributed by atoms with Crippen LogP contribution in [0, 0.1) is 0 Å². The third-order valence-corrected chi connectivity index (χ3v) is 1.20. The fraction of sp³-hybridized carbons (Fsp3) is 0.800. The Morgan fingerprint density at radius 1 is 1.40 bits per heavy atom. The van der Waals surface area contributed by atoms with Crippen LogP contribution in [0.25, 0.3) is 0 Å². The molecule has 10 heavy (non-hydrogen) atoms. The van der Waals surface area contributed by atoms with Crippen molar-refractivity contribution in [3.05, 3.63) is 5.82 Å². The molecule has 1 N–H and O–H groups in total. The number of aryl methyl sites for hydroxylation is 1. The molecule has 1 heterocycles. The van der Waals surface area contributed by atoms with Crippen LogP contribution in [0.4, 0.5) is 0 Å². The molecule has 0 unspecified atom stereocenters. The van der Waals surface area contributed by atoms with Crippen molar-refractivity contribution < 1.29 is 5.11 Å². The van der Waals surface area contributed by atoms with Crippen LogP contribution in [-0.2, 0) is 11.5 Å². The average Bonchev–Trinajstić information content (AvgIpc) is 2.41. The van der Waals surface area contributed by atoms with Gasteiger partial charge in [-0.3, -0.25) is 0 Å². The number of aromatic amines is 1. The van der Waals surface area contributed by atoms with Crippen molar-refractivity contribution in [2.75, 3.05) is 6.61 Å². The highest BCUT2D eigenvalue weighted by molar-refractivity contribution is 4.74. The molecule has 0 saturated heterocycles. The maximum absolute atomic E-state index is 10.00. The minimum Gasteiger partial charge on any atom is -0.243 e. The summed E-state index contributed by atoms with van der Waals surface area (Å²) in [6, 6.07) is 0. The molecule has 5 nitrogen and oxygen atoms in total. The highest BCUT2D eigenvalue weighted by Crippen LogP contribution is 1.94. The Balaban J connectivity index is 2.15. The van der Waals surface area contributed by atoms with Crippen LogP contribution in [-0.4, -0.2) is 27.2 Å². The smallest absolute Gasteiger partial charge is 0.148 e. The molecule has 5 heteroatoms. The van der Waals surface area contributed by atoms with Gasteiger partial charge in [0, 0.05) is 6.42 Å². The van der Waals surface area contributed by atoms with Gasteiger partial charge in [-0.25, -0.2) is 10.2 Å². The van der Waals surface area contributed by atoms with Crippen molar-refractivity contribution in [1.29, 1.82) is 0 Å². The number of tetrazole rings is 1. The molecule has 1 radical (unpaired) electrons. The van der Waals surface area contributed by atoms with E-state index < -0.39 is 0 Å². The minimum absolute atomic E-state index is 0.0123. The van der Waals surface area contributed by atoms with Gasteiger partial charge in [-0.1, -0.05) is 0 Å². The second-order valence-electron chi connectivity index (χ2n) is 2.01. The Hall–Kier alpha value is -0.970. The number of hydrogen-bond donors (Lipinski definition) is 1. The number of H-pyrrole nitrogens is 1. The first-order valence-electron chi connectivity index (χ1n) is 3.24. The molecule has 0 atom stereocenters. The quantitative estimate of drug-likeness (QED) is 0.597. The Morgan fingerprint density at radius 2 is 2.30 bits per heavy atom. The van der Waals surface area contributed by atoms with Gasteiger partial charge in [-0.05, 0) is 23.3 Å². The summed E-state index contributed by atoms with van der Waals surface area (Å²) in [5.74, 6) is 0.758. The molecule has 1 rings (SSSR count). The number of unbranched alkanes of at least 4 members (excludes halogenated alkanes) is 1. The van der Waals surface area contributed by atoms with Gasteiger partial charge in [-0.15, -0.1) is 5.10 Å². The molecule has 0 saturated carbocycles. The van der Waals surface area contributed by atoms with Crippen molar-refractivity contribution in [3.8, 4) is 0 Å². The summed E-state index contributed by atoms with van der Waals surface area (Å²) in [6.07, 6.45) is 2.33. The molecule has 0 aliphatic heterocycles. The summed E-state index contributed by atoms with van der Waals surface area (Å²) in [5, 5.41) is 23.1.